The molecule has 0 aromatic carbocycles. The second-order valence-electron chi connectivity index (χ2n) is 3.68. The molecule has 0 radical (unpaired) electrons. The van der Waals surface area contributed by atoms with Crippen LogP contribution in [0.5, 0.6) is 0 Å². The lowest BCUT2D eigenvalue weighted by atomic mass is 10.6. The Bertz CT molecular complexity index is 649. The van der Waals surface area contributed by atoms with E-state index in [0.29, 0.717) is 18.2 Å². The van der Waals surface area contributed by atoms with E-state index in [1.807, 2.05) is 6.92 Å². The van der Waals surface area contributed by atoms with E-state index >= 15 is 0 Å². The first-order valence-corrected chi connectivity index (χ1v) is 7.08. The molecule has 0 amide bonds. The van der Waals surface area contributed by atoms with Gasteiger partial charge in [0.1, 0.15) is 4.90 Å². The molecular weight excluding hydrogens is 268 g/mol. The fourth-order valence-corrected chi connectivity index (χ4v) is 2.30. The van der Waals surface area contributed by atoms with Crippen molar-refractivity contribution in [1.29, 1.82) is 0 Å². The quantitative estimate of drug-likeness (QED) is 0.829. The standard InChI is InChI=1S/C10H14N6O2S/c1-3-16-7-8(4-14-16)15-19(17,18)9-5-12-10(11-2)13-6-9/h4-7,15H,3H2,1-2H3,(H,11,12,13). The van der Waals surface area contributed by atoms with Crippen LogP contribution < -0.4 is 10.0 Å². The Morgan fingerprint density at radius 2 is 1.95 bits per heavy atom. The third-order valence-corrected chi connectivity index (χ3v) is 3.71. The molecule has 0 unspecified atom stereocenters. The van der Waals surface area contributed by atoms with E-state index in [0.717, 1.165) is 0 Å². The average Bonchev–Trinajstić information content (AvgIpc) is 2.85. The highest BCUT2D eigenvalue weighted by Crippen LogP contribution is 2.14. The SMILES string of the molecule is CCn1cc(NS(=O)(=O)c2cnc(NC)nc2)cn1. The molecule has 0 atom stereocenters. The second-order valence-corrected chi connectivity index (χ2v) is 5.36. The summed E-state index contributed by atoms with van der Waals surface area (Å²) in [4.78, 5) is 7.72. The van der Waals surface area contributed by atoms with Gasteiger partial charge in [0.15, 0.2) is 0 Å². The van der Waals surface area contributed by atoms with Crippen molar-refractivity contribution in [3.05, 3.63) is 24.8 Å². The maximum Gasteiger partial charge on any atom is 0.265 e. The van der Waals surface area contributed by atoms with Gasteiger partial charge in [-0.05, 0) is 6.92 Å². The van der Waals surface area contributed by atoms with Gasteiger partial charge in [-0.1, -0.05) is 0 Å². The Kier molecular flexibility index (Phi) is 3.65. The van der Waals surface area contributed by atoms with E-state index in [9.17, 15) is 8.42 Å². The fourth-order valence-electron chi connectivity index (χ4n) is 1.39. The van der Waals surface area contributed by atoms with Crippen LogP contribution in [-0.4, -0.2) is 35.2 Å². The first-order valence-electron chi connectivity index (χ1n) is 5.60. The van der Waals surface area contributed by atoms with Crippen molar-refractivity contribution in [2.45, 2.75) is 18.4 Å². The molecule has 0 bridgehead atoms. The molecular formula is C10H14N6O2S. The van der Waals surface area contributed by atoms with Crippen LogP contribution in [-0.2, 0) is 16.6 Å². The van der Waals surface area contributed by atoms with Gasteiger partial charge in [-0.25, -0.2) is 18.4 Å². The third-order valence-electron chi connectivity index (χ3n) is 2.37. The van der Waals surface area contributed by atoms with E-state index in [1.165, 1.54) is 18.6 Å². The van der Waals surface area contributed by atoms with Gasteiger partial charge in [0.05, 0.1) is 24.3 Å². The van der Waals surface area contributed by atoms with Gasteiger partial charge in [0.25, 0.3) is 10.0 Å². The lowest BCUT2D eigenvalue weighted by Gasteiger charge is -2.05. The fraction of sp³-hybridized carbons (Fsp3) is 0.300. The van der Waals surface area contributed by atoms with Crippen LogP contribution in [0.25, 0.3) is 0 Å². The molecule has 0 fully saturated rings. The zero-order valence-electron chi connectivity index (χ0n) is 10.5. The van der Waals surface area contributed by atoms with Crippen LogP contribution in [0.4, 0.5) is 11.6 Å². The van der Waals surface area contributed by atoms with Crippen LogP contribution in [0.15, 0.2) is 29.7 Å². The molecule has 102 valence electrons. The number of hydrogen-bond acceptors (Lipinski definition) is 6. The molecule has 0 saturated carbocycles. The van der Waals surface area contributed by atoms with Crippen LogP contribution in [0, 0.1) is 0 Å². The summed E-state index contributed by atoms with van der Waals surface area (Å²) in [7, 11) is -2.04. The highest BCUT2D eigenvalue weighted by Gasteiger charge is 2.16. The molecule has 19 heavy (non-hydrogen) atoms. The van der Waals surface area contributed by atoms with Gasteiger partial charge in [-0.2, -0.15) is 5.10 Å². The second kappa shape index (κ2) is 5.22. The molecule has 2 heterocycles. The van der Waals surface area contributed by atoms with Gasteiger partial charge in [0, 0.05) is 19.8 Å². The number of rotatable bonds is 5. The summed E-state index contributed by atoms with van der Waals surface area (Å²) in [6, 6.07) is 0. The van der Waals surface area contributed by atoms with Crippen LogP contribution in [0.2, 0.25) is 0 Å². The molecule has 2 aromatic rings. The smallest absolute Gasteiger partial charge is 0.265 e. The molecule has 2 rings (SSSR count). The summed E-state index contributed by atoms with van der Waals surface area (Å²) in [5.74, 6) is 0.359. The van der Waals surface area contributed by atoms with Crippen molar-refractivity contribution in [2.75, 3.05) is 17.1 Å². The number of aromatic nitrogens is 4. The van der Waals surface area contributed by atoms with E-state index in [-0.39, 0.29) is 4.90 Å². The molecule has 8 nitrogen and oxygen atoms in total. The first kappa shape index (κ1) is 13.3. The number of hydrogen-bond donors (Lipinski definition) is 2. The predicted octanol–water partition coefficient (Wildman–Crippen LogP) is 0.535. The summed E-state index contributed by atoms with van der Waals surface area (Å²) in [6.07, 6.45) is 5.54. The number of sulfonamides is 1. The maximum atomic E-state index is 12.1. The molecule has 2 N–H and O–H groups in total. The number of nitrogens with one attached hydrogen (secondary N) is 2. The van der Waals surface area contributed by atoms with Crippen molar-refractivity contribution in [1.82, 2.24) is 19.7 Å². The van der Waals surface area contributed by atoms with Crippen molar-refractivity contribution >= 4 is 21.7 Å². The lowest BCUT2D eigenvalue weighted by Crippen LogP contribution is -2.13. The van der Waals surface area contributed by atoms with Gasteiger partial charge >= 0.3 is 0 Å². The Morgan fingerprint density at radius 3 is 2.47 bits per heavy atom. The summed E-state index contributed by atoms with van der Waals surface area (Å²) < 4.78 is 28.1. The Labute approximate surface area is 110 Å². The third kappa shape index (κ3) is 2.99. The summed E-state index contributed by atoms with van der Waals surface area (Å²) >= 11 is 0. The summed E-state index contributed by atoms with van der Waals surface area (Å²) in [6.45, 7) is 2.58. The van der Waals surface area contributed by atoms with Gasteiger partial charge < -0.3 is 5.32 Å². The number of nitrogens with zero attached hydrogens (tertiary/aromatic N) is 4. The van der Waals surface area contributed by atoms with Crippen molar-refractivity contribution in [3.63, 3.8) is 0 Å². The summed E-state index contributed by atoms with van der Waals surface area (Å²) in [5, 5.41) is 6.70. The highest BCUT2D eigenvalue weighted by molar-refractivity contribution is 7.92. The Balaban J connectivity index is 2.21. The van der Waals surface area contributed by atoms with Crippen molar-refractivity contribution in [3.8, 4) is 0 Å². The van der Waals surface area contributed by atoms with Crippen LogP contribution in [0.3, 0.4) is 0 Å². The molecule has 0 saturated heterocycles. The Morgan fingerprint density at radius 1 is 1.26 bits per heavy atom. The van der Waals surface area contributed by atoms with Gasteiger partial charge in [-0.3, -0.25) is 9.40 Å². The zero-order valence-corrected chi connectivity index (χ0v) is 11.3. The average molecular weight is 282 g/mol. The monoisotopic (exact) mass is 282 g/mol. The first-order chi connectivity index (χ1) is 9.05. The van der Waals surface area contributed by atoms with Crippen LogP contribution >= 0.6 is 0 Å². The number of aryl methyl sites for hydroxylation is 1. The lowest BCUT2D eigenvalue weighted by molar-refractivity contribution is 0.600. The molecule has 0 aliphatic carbocycles. The van der Waals surface area contributed by atoms with Crippen LogP contribution in [0.1, 0.15) is 6.92 Å². The van der Waals surface area contributed by atoms with E-state index in [2.05, 4.69) is 25.1 Å². The minimum absolute atomic E-state index is 0.00394. The van der Waals surface area contributed by atoms with Gasteiger partial charge in [-0.15, -0.1) is 0 Å². The number of anilines is 2. The highest BCUT2D eigenvalue weighted by atomic mass is 32.2. The predicted molar refractivity (Wildman–Crippen MR) is 70.3 cm³/mol. The normalized spacial score (nSPS) is 11.3. The summed E-state index contributed by atoms with van der Waals surface area (Å²) in [5.41, 5.74) is 0.402. The molecule has 0 spiro atoms. The Hall–Kier alpha value is -2.16. The minimum atomic E-state index is -3.69. The topological polar surface area (TPSA) is 102 Å². The molecule has 0 aliphatic rings. The zero-order chi connectivity index (χ0) is 13.9. The van der Waals surface area contributed by atoms with E-state index in [1.54, 1.807) is 17.9 Å². The van der Waals surface area contributed by atoms with Crippen molar-refractivity contribution in [2.24, 2.45) is 0 Å². The molecule has 2 aromatic heterocycles. The molecule has 0 aliphatic heterocycles. The maximum absolute atomic E-state index is 12.1. The van der Waals surface area contributed by atoms with Gasteiger partial charge in [0.2, 0.25) is 5.95 Å². The molecule has 9 heteroatoms. The minimum Gasteiger partial charge on any atom is -0.357 e. The van der Waals surface area contributed by atoms with E-state index in [4.69, 9.17) is 0 Å². The largest absolute Gasteiger partial charge is 0.357 e. The van der Waals surface area contributed by atoms with E-state index < -0.39 is 10.0 Å². The van der Waals surface area contributed by atoms with Crippen molar-refractivity contribution < 1.29 is 8.42 Å².